The molecule has 100 valence electrons. The Balaban J connectivity index is 2.32. The predicted octanol–water partition coefficient (Wildman–Crippen LogP) is 3.52. The maximum absolute atomic E-state index is 12.0. The Morgan fingerprint density at radius 2 is 1.70 bits per heavy atom. The standard InChI is InChI=1S/C15H9ClO4/c16-11-5-6-12(18)14-10(11)7-13(20-15(14)19)8-1-3-9(17)4-2-8/h1-7,17-18H. The van der Waals surface area contributed by atoms with Crippen LogP contribution in [0.25, 0.3) is 22.1 Å². The van der Waals surface area contributed by atoms with Crippen molar-refractivity contribution in [1.29, 1.82) is 0 Å². The van der Waals surface area contributed by atoms with E-state index in [9.17, 15) is 15.0 Å². The Bertz CT molecular complexity index is 850. The van der Waals surface area contributed by atoms with Gasteiger partial charge in [0.1, 0.15) is 22.6 Å². The third-order valence-electron chi connectivity index (χ3n) is 3.00. The minimum absolute atomic E-state index is 0.0556. The summed E-state index contributed by atoms with van der Waals surface area (Å²) >= 11 is 6.05. The van der Waals surface area contributed by atoms with Gasteiger partial charge < -0.3 is 14.6 Å². The molecule has 3 aromatic rings. The van der Waals surface area contributed by atoms with E-state index < -0.39 is 5.63 Å². The van der Waals surface area contributed by atoms with Gasteiger partial charge in [-0.25, -0.2) is 4.79 Å². The van der Waals surface area contributed by atoms with Gasteiger partial charge in [-0.05, 0) is 42.5 Å². The van der Waals surface area contributed by atoms with Crippen LogP contribution in [0.1, 0.15) is 0 Å². The number of halogens is 1. The molecule has 0 saturated carbocycles. The third-order valence-corrected chi connectivity index (χ3v) is 3.33. The van der Waals surface area contributed by atoms with E-state index in [1.165, 1.54) is 24.3 Å². The number of phenolic OH excluding ortho intramolecular Hbond substituents is 2. The predicted molar refractivity (Wildman–Crippen MR) is 76.3 cm³/mol. The van der Waals surface area contributed by atoms with E-state index in [4.69, 9.17) is 16.0 Å². The molecule has 5 heteroatoms. The number of phenols is 2. The first-order chi connectivity index (χ1) is 9.56. The zero-order chi connectivity index (χ0) is 14.3. The number of aromatic hydroxyl groups is 2. The monoisotopic (exact) mass is 288 g/mol. The summed E-state index contributed by atoms with van der Waals surface area (Å²) in [4.78, 5) is 12.0. The highest BCUT2D eigenvalue weighted by Gasteiger charge is 2.12. The van der Waals surface area contributed by atoms with Gasteiger partial charge in [0, 0.05) is 16.0 Å². The lowest BCUT2D eigenvalue weighted by Gasteiger charge is -2.05. The molecule has 0 unspecified atom stereocenters. The van der Waals surface area contributed by atoms with E-state index in [0.717, 1.165) is 0 Å². The summed E-state index contributed by atoms with van der Waals surface area (Å²) in [5.74, 6) is 0.262. The Hall–Kier alpha value is -2.46. The molecule has 0 spiro atoms. The van der Waals surface area contributed by atoms with Crippen molar-refractivity contribution >= 4 is 22.4 Å². The maximum Gasteiger partial charge on any atom is 0.348 e. The summed E-state index contributed by atoms with van der Waals surface area (Å²) in [5.41, 5.74) is -0.0354. The lowest BCUT2D eigenvalue weighted by atomic mass is 10.1. The molecule has 0 saturated heterocycles. The summed E-state index contributed by atoms with van der Waals surface area (Å²) in [6.45, 7) is 0. The first kappa shape index (κ1) is 12.6. The molecule has 1 aromatic heterocycles. The fraction of sp³-hybridized carbons (Fsp3) is 0. The van der Waals surface area contributed by atoms with Gasteiger partial charge in [-0.1, -0.05) is 11.6 Å². The molecule has 0 radical (unpaired) electrons. The molecule has 4 nitrogen and oxygen atoms in total. The Morgan fingerprint density at radius 1 is 1.00 bits per heavy atom. The zero-order valence-electron chi connectivity index (χ0n) is 10.1. The van der Waals surface area contributed by atoms with Crippen LogP contribution >= 0.6 is 11.6 Å². The quantitative estimate of drug-likeness (QED) is 0.718. The van der Waals surface area contributed by atoms with Crippen LogP contribution in [0.5, 0.6) is 11.5 Å². The molecule has 0 aliphatic rings. The minimum Gasteiger partial charge on any atom is -0.508 e. The maximum atomic E-state index is 12.0. The van der Waals surface area contributed by atoms with E-state index in [1.807, 2.05) is 0 Å². The van der Waals surface area contributed by atoms with Crippen LogP contribution < -0.4 is 5.63 Å². The highest BCUT2D eigenvalue weighted by Crippen LogP contribution is 2.31. The molecule has 0 bridgehead atoms. The van der Waals surface area contributed by atoms with E-state index >= 15 is 0 Å². The summed E-state index contributed by atoms with van der Waals surface area (Å²) in [5, 5.41) is 19.8. The van der Waals surface area contributed by atoms with Crippen molar-refractivity contribution < 1.29 is 14.6 Å². The van der Waals surface area contributed by atoms with Crippen molar-refractivity contribution in [3.05, 3.63) is 57.9 Å². The van der Waals surface area contributed by atoms with Gasteiger partial charge in [-0.3, -0.25) is 0 Å². The second kappa shape index (κ2) is 4.58. The molecule has 1 heterocycles. The molecule has 0 aliphatic heterocycles. The molecular weight excluding hydrogens is 280 g/mol. The first-order valence-corrected chi connectivity index (χ1v) is 6.19. The number of benzene rings is 2. The van der Waals surface area contributed by atoms with Crippen LogP contribution in [0, 0.1) is 0 Å². The molecular formula is C15H9ClO4. The van der Waals surface area contributed by atoms with Crippen molar-refractivity contribution in [1.82, 2.24) is 0 Å². The number of hydrogen-bond acceptors (Lipinski definition) is 4. The van der Waals surface area contributed by atoms with Crippen molar-refractivity contribution in [3.8, 4) is 22.8 Å². The van der Waals surface area contributed by atoms with Crippen LogP contribution in [0.15, 0.2) is 51.7 Å². The molecule has 0 fully saturated rings. The first-order valence-electron chi connectivity index (χ1n) is 5.81. The van der Waals surface area contributed by atoms with Crippen LogP contribution in [0.3, 0.4) is 0 Å². The van der Waals surface area contributed by atoms with E-state index in [-0.39, 0.29) is 16.9 Å². The number of hydrogen-bond donors (Lipinski definition) is 2. The van der Waals surface area contributed by atoms with E-state index in [1.54, 1.807) is 18.2 Å². The lowest BCUT2D eigenvalue weighted by Crippen LogP contribution is -2.01. The number of rotatable bonds is 1. The van der Waals surface area contributed by atoms with Crippen LogP contribution in [0.2, 0.25) is 5.02 Å². The molecule has 2 N–H and O–H groups in total. The van der Waals surface area contributed by atoms with Gasteiger partial charge in [0.2, 0.25) is 0 Å². The van der Waals surface area contributed by atoms with Crippen molar-refractivity contribution in [2.45, 2.75) is 0 Å². The Labute approximate surface area is 118 Å². The van der Waals surface area contributed by atoms with Gasteiger partial charge in [-0.15, -0.1) is 0 Å². The SMILES string of the molecule is O=c1oc(-c2ccc(O)cc2)cc2c(Cl)ccc(O)c12. The van der Waals surface area contributed by atoms with Gasteiger partial charge in [0.15, 0.2) is 0 Å². The third kappa shape index (κ3) is 2.00. The zero-order valence-corrected chi connectivity index (χ0v) is 10.9. The summed E-state index contributed by atoms with van der Waals surface area (Å²) in [7, 11) is 0. The molecule has 0 atom stereocenters. The fourth-order valence-corrected chi connectivity index (χ4v) is 2.23. The van der Waals surface area contributed by atoms with Gasteiger partial charge in [0.05, 0.1) is 0 Å². The second-order valence-electron chi connectivity index (χ2n) is 4.30. The number of fused-ring (bicyclic) bond motifs is 1. The lowest BCUT2D eigenvalue weighted by molar-refractivity contribution is 0.474. The highest BCUT2D eigenvalue weighted by molar-refractivity contribution is 6.35. The van der Waals surface area contributed by atoms with Crippen molar-refractivity contribution in [2.24, 2.45) is 0 Å². The Morgan fingerprint density at radius 3 is 2.40 bits per heavy atom. The summed E-state index contributed by atoms with van der Waals surface area (Å²) in [6, 6.07) is 10.7. The molecule has 0 amide bonds. The minimum atomic E-state index is -0.662. The normalized spacial score (nSPS) is 10.8. The largest absolute Gasteiger partial charge is 0.508 e. The second-order valence-corrected chi connectivity index (χ2v) is 4.71. The van der Waals surface area contributed by atoms with Crippen LogP contribution in [-0.2, 0) is 0 Å². The smallest absolute Gasteiger partial charge is 0.348 e. The molecule has 3 rings (SSSR count). The van der Waals surface area contributed by atoms with Gasteiger partial charge in [-0.2, -0.15) is 0 Å². The highest BCUT2D eigenvalue weighted by atomic mass is 35.5. The summed E-state index contributed by atoms with van der Waals surface area (Å²) in [6.07, 6.45) is 0. The average molecular weight is 289 g/mol. The molecule has 20 heavy (non-hydrogen) atoms. The van der Waals surface area contributed by atoms with E-state index in [0.29, 0.717) is 21.7 Å². The van der Waals surface area contributed by atoms with Crippen molar-refractivity contribution in [3.63, 3.8) is 0 Å². The summed E-state index contributed by atoms with van der Waals surface area (Å²) < 4.78 is 5.20. The van der Waals surface area contributed by atoms with E-state index in [2.05, 4.69) is 0 Å². The Kier molecular flexibility index (Phi) is 2.88. The molecule has 2 aromatic carbocycles. The van der Waals surface area contributed by atoms with Crippen LogP contribution in [0.4, 0.5) is 0 Å². The van der Waals surface area contributed by atoms with Crippen LogP contribution in [-0.4, -0.2) is 10.2 Å². The van der Waals surface area contributed by atoms with Gasteiger partial charge in [0.25, 0.3) is 0 Å². The molecule has 0 aliphatic carbocycles. The average Bonchev–Trinajstić information content (AvgIpc) is 2.43. The topological polar surface area (TPSA) is 70.7 Å². The van der Waals surface area contributed by atoms with Gasteiger partial charge >= 0.3 is 5.63 Å². The van der Waals surface area contributed by atoms with Crippen molar-refractivity contribution in [2.75, 3.05) is 0 Å². The fourth-order valence-electron chi connectivity index (χ4n) is 2.02.